The van der Waals surface area contributed by atoms with Gasteiger partial charge in [0.15, 0.2) is 6.10 Å². The summed E-state index contributed by atoms with van der Waals surface area (Å²) in [6.07, 6.45) is 69.5. The molecule has 0 spiro atoms. The monoisotopic (exact) mass is 895 g/mol. The van der Waals surface area contributed by atoms with E-state index in [-0.39, 0.29) is 25.2 Å². The van der Waals surface area contributed by atoms with E-state index in [9.17, 15) is 9.59 Å². The normalized spacial score (nSPS) is 12.6. The molecular formula is C59H106O5. The van der Waals surface area contributed by atoms with Crippen molar-refractivity contribution in [2.75, 3.05) is 19.8 Å². The molecule has 1 atom stereocenters. The minimum atomic E-state index is -0.562. The van der Waals surface area contributed by atoms with Crippen molar-refractivity contribution in [1.82, 2.24) is 0 Å². The standard InChI is InChI=1S/C59H106O5/c1-4-7-10-13-16-19-22-25-28-30-32-34-37-40-43-46-49-52-58(60)63-56-57(55-62-54-51-48-45-42-39-36-33-29-26-23-20-17-14-11-8-5-2)64-59(61)53-50-47-44-41-38-35-31-27-24-21-18-15-12-9-6-3/h18,21,25,27-28,31-32,34,40,43,57H,4-17,19-20,22-24,26,29-30,33,35-39,41-42,44-56H2,1-3H3/b21-18-,28-25-,31-27-,34-32-,43-40-/t57-/m1/s1. The number of esters is 2. The Hall–Kier alpha value is -2.40. The van der Waals surface area contributed by atoms with Gasteiger partial charge >= 0.3 is 11.9 Å². The first-order valence-electron chi connectivity index (χ1n) is 27.8. The van der Waals surface area contributed by atoms with E-state index < -0.39 is 6.10 Å². The summed E-state index contributed by atoms with van der Waals surface area (Å²) in [5.41, 5.74) is 0. The van der Waals surface area contributed by atoms with Gasteiger partial charge < -0.3 is 14.2 Å². The third kappa shape index (κ3) is 52.2. The highest BCUT2D eigenvalue weighted by Crippen LogP contribution is 2.15. The van der Waals surface area contributed by atoms with Gasteiger partial charge in [0.05, 0.1) is 6.61 Å². The van der Waals surface area contributed by atoms with Gasteiger partial charge in [0, 0.05) is 19.4 Å². The average Bonchev–Trinajstić information content (AvgIpc) is 3.30. The van der Waals surface area contributed by atoms with Crippen LogP contribution in [0, 0.1) is 0 Å². The molecule has 0 heterocycles. The molecule has 0 fully saturated rings. The number of ether oxygens (including phenoxy) is 3. The third-order valence-electron chi connectivity index (χ3n) is 12.0. The zero-order valence-corrected chi connectivity index (χ0v) is 42.8. The first-order chi connectivity index (χ1) is 31.6. The molecule has 5 heteroatoms. The van der Waals surface area contributed by atoms with Crippen molar-refractivity contribution in [3.63, 3.8) is 0 Å². The molecule has 0 aromatic rings. The van der Waals surface area contributed by atoms with Gasteiger partial charge in [-0.2, -0.15) is 0 Å². The predicted molar refractivity (Wildman–Crippen MR) is 279 cm³/mol. The van der Waals surface area contributed by atoms with E-state index >= 15 is 0 Å². The smallest absolute Gasteiger partial charge is 0.306 e. The Morgan fingerprint density at radius 2 is 0.672 bits per heavy atom. The van der Waals surface area contributed by atoms with Crippen LogP contribution in [0.4, 0.5) is 0 Å². The highest BCUT2D eigenvalue weighted by Gasteiger charge is 2.17. The van der Waals surface area contributed by atoms with Gasteiger partial charge in [0.1, 0.15) is 6.61 Å². The highest BCUT2D eigenvalue weighted by atomic mass is 16.6. The SMILES string of the molecule is CCCCC/C=C\C/C=C\CCCCCCCC(=O)O[C@H](COCCCCCCCCCCCCCCCCCC)COC(=O)CCC/C=C\C/C=C\C/C=C\CCCCCCCC. The topological polar surface area (TPSA) is 61.8 Å². The van der Waals surface area contributed by atoms with Crippen molar-refractivity contribution < 1.29 is 23.8 Å². The maximum absolute atomic E-state index is 12.8. The number of hydrogen-bond donors (Lipinski definition) is 0. The van der Waals surface area contributed by atoms with E-state index in [1.165, 1.54) is 173 Å². The van der Waals surface area contributed by atoms with E-state index in [0.717, 1.165) is 70.6 Å². The molecule has 0 aliphatic rings. The van der Waals surface area contributed by atoms with Crippen molar-refractivity contribution in [3.8, 4) is 0 Å². The maximum Gasteiger partial charge on any atom is 0.306 e. The van der Waals surface area contributed by atoms with Gasteiger partial charge in [-0.25, -0.2) is 0 Å². The molecule has 0 aromatic heterocycles. The lowest BCUT2D eigenvalue weighted by molar-refractivity contribution is -0.163. The van der Waals surface area contributed by atoms with Crippen LogP contribution in [0.25, 0.3) is 0 Å². The Morgan fingerprint density at radius 3 is 1.12 bits per heavy atom. The molecule has 64 heavy (non-hydrogen) atoms. The second-order valence-corrected chi connectivity index (χ2v) is 18.5. The summed E-state index contributed by atoms with van der Waals surface area (Å²) in [7, 11) is 0. The lowest BCUT2D eigenvalue weighted by Gasteiger charge is -2.18. The molecule has 0 aromatic carbocycles. The number of unbranched alkanes of at least 4 members (excludes halogenated alkanes) is 30. The zero-order valence-electron chi connectivity index (χ0n) is 42.8. The van der Waals surface area contributed by atoms with Crippen LogP contribution in [0.2, 0.25) is 0 Å². The van der Waals surface area contributed by atoms with Gasteiger partial charge in [-0.1, -0.05) is 242 Å². The Labute approximate surface area is 398 Å². The largest absolute Gasteiger partial charge is 0.462 e. The van der Waals surface area contributed by atoms with Crippen molar-refractivity contribution in [2.45, 2.75) is 284 Å². The summed E-state index contributed by atoms with van der Waals surface area (Å²) in [5, 5.41) is 0. The Balaban J connectivity index is 4.35. The molecule has 0 rings (SSSR count). The van der Waals surface area contributed by atoms with Crippen LogP contribution in [0.15, 0.2) is 60.8 Å². The number of hydrogen-bond acceptors (Lipinski definition) is 5. The Morgan fingerprint density at radius 1 is 0.344 bits per heavy atom. The fraction of sp³-hybridized carbons (Fsp3) is 0.797. The van der Waals surface area contributed by atoms with Crippen molar-refractivity contribution in [1.29, 1.82) is 0 Å². The van der Waals surface area contributed by atoms with Crippen molar-refractivity contribution in [2.24, 2.45) is 0 Å². The van der Waals surface area contributed by atoms with E-state index in [2.05, 4.69) is 81.5 Å². The second-order valence-electron chi connectivity index (χ2n) is 18.5. The summed E-state index contributed by atoms with van der Waals surface area (Å²) in [5.74, 6) is -0.463. The van der Waals surface area contributed by atoms with E-state index in [4.69, 9.17) is 14.2 Å². The van der Waals surface area contributed by atoms with Crippen LogP contribution in [-0.2, 0) is 23.8 Å². The number of carbonyl (C=O) groups excluding carboxylic acids is 2. The van der Waals surface area contributed by atoms with E-state index in [0.29, 0.717) is 19.4 Å². The van der Waals surface area contributed by atoms with Gasteiger partial charge in [0.25, 0.3) is 0 Å². The Bertz CT molecular complexity index is 1100. The molecule has 0 saturated heterocycles. The molecule has 0 aliphatic heterocycles. The van der Waals surface area contributed by atoms with E-state index in [1.807, 2.05) is 0 Å². The summed E-state index contributed by atoms with van der Waals surface area (Å²) in [6, 6.07) is 0. The van der Waals surface area contributed by atoms with Crippen LogP contribution in [-0.4, -0.2) is 37.9 Å². The fourth-order valence-corrected chi connectivity index (χ4v) is 7.85. The molecule has 0 amide bonds. The third-order valence-corrected chi connectivity index (χ3v) is 12.0. The van der Waals surface area contributed by atoms with E-state index in [1.54, 1.807) is 0 Å². The molecule has 0 bridgehead atoms. The molecule has 0 saturated carbocycles. The first-order valence-corrected chi connectivity index (χ1v) is 27.8. The first kappa shape index (κ1) is 61.6. The fourth-order valence-electron chi connectivity index (χ4n) is 7.85. The molecule has 5 nitrogen and oxygen atoms in total. The molecule has 0 N–H and O–H groups in total. The van der Waals surface area contributed by atoms with Gasteiger partial charge in [-0.15, -0.1) is 0 Å². The van der Waals surface area contributed by atoms with Gasteiger partial charge in [-0.3, -0.25) is 9.59 Å². The zero-order chi connectivity index (χ0) is 46.3. The highest BCUT2D eigenvalue weighted by molar-refractivity contribution is 5.70. The van der Waals surface area contributed by atoms with Gasteiger partial charge in [0.2, 0.25) is 0 Å². The second kappa shape index (κ2) is 54.9. The summed E-state index contributed by atoms with van der Waals surface area (Å²) in [4.78, 5) is 25.4. The summed E-state index contributed by atoms with van der Waals surface area (Å²) < 4.78 is 17.4. The molecule has 372 valence electrons. The van der Waals surface area contributed by atoms with Crippen LogP contribution in [0.3, 0.4) is 0 Å². The number of allylic oxidation sites excluding steroid dienone is 10. The molecule has 0 unspecified atom stereocenters. The summed E-state index contributed by atoms with van der Waals surface area (Å²) in [6.45, 7) is 7.77. The minimum absolute atomic E-state index is 0.0553. The number of rotatable bonds is 51. The number of carbonyl (C=O) groups is 2. The lowest BCUT2D eigenvalue weighted by Crippen LogP contribution is -2.30. The van der Waals surface area contributed by atoms with Crippen LogP contribution in [0.5, 0.6) is 0 Å². The molecular weight excluding hydrogens is 789 g/mol. The predicted octanol–water partition coefficient (Wildman–Crippen LogP) is 18.9. The van der Waals surface area contributed by atoms with Gasteiger partial charge in [-0.05, 0) is 83.5 Å². The summed E-state index contributed by atoms with van der Waals surface area (Å²) >= 11 is 0. The maximum atomic E-state index is 12.8. The van der Waals surface area contributed by atoms with Crippen LogP contribution in [0.1, 0.15) is 278 Å². The molecule has 0 aliphatic carbocycles. The quantitative estimate of drug-likeness (QED) is 0.0346. The van der Waals surface area contributed by atoms with Crippen molar-refractivity contribution in [3.05, 3.63) is 60.8 Å². The van der Waals surface area contributed by atoms with Crippen molar-refractivity contribution >= 4 is 11.9 Å². The minimum Gasteiger partial charge on any atom is -0.462 e. The average molecular weight is 895 g/mol. The lowest BCUT2D eigenvalue weighted by atomic mass is 10.0. The van der Waals surface area contributed by atoms with Crippen LogP contribution < -0.4 is 0 Å². The van der Waals surface area contributed by atoms with Crippen LogP contribution >= 0.6 is 0 Å². The molecule has 0 radical (unpaired) electrons. The Kier molecular flexibility index (Phi) is 52.9.